The van der Waals surface area contributed by atoms with Gasteiger partial charge in [-0.3, -0.25) is 9.59 Å². The fourth-order valence-corrected chi connectivity index (χ4v) is 1.40. The number of aliphatic hydroxyl groups is 1. The molecule has 72 valence electrons. The Labute approximate surface area is 80.6 Å². The van der Waals surface area contributed by atoms with Crippen LogP contribution in [-0.2, 0) is 4.79 Å². The van der Waals surface area contributed by atoms with Crippen molar-refractivity contribution in [3.63, 3.8) is 0 Å². The van der Waals surface area contributed by atoms with Crippen LogP contribution in [0.1, 0.15) is 17.3 Å². The summed E-state index contributed by atoms with van der Waals surface area (Å²) in [7, 11) is 0. The topological polar surface area (TPSA) is 66.4 Å². The van der Waals surface area contributed by atoms with Gasteiger partial charge < -0.3 is 10.4 Å². The first-order valence-electron chi connectivity index (χ1n) is 4.21. The lowest BCUT2D eigenvalue weighted by atomic mass is 9.89. The highest BCUT2D eigenvalue weighted by atomic mass is 16.3. The zero-order valence-electron chi connectivity index (χ0n) is 7.57. The van der Waals surface area contributed by atoms with Gasteiger partial charge in [0.15, 0.2) is 0 Å². The molecule has 1 aromatic rings. The number of carbonyl (C=O) groups is 2. The molecule has 2 rings (SSSR count). The molecule has 1 atom stereocenters. The van der Waals surface area contributed by atoms with Crippen molar-refractivity contribution in [3.05, 3.63) is 29.8 Å². The van der Waals surface area contributed by atoms with Gasteiger partial charge in [-0.1, -0.05) is 12.1 Å². The van der Waals surface area contributed by atoms with Crippen molar-refractivity contribution in [1.29, 1.82) is 0 Å². The molecule has 0 bridgehead atoms. The smallest absolute Gasteiger partial charge is 0.264 e. The molecule has 4 heteroatoms. The van der Waals surface area contributed by atoms with Crippen LogP contribution in [0.3, 0.4) is 0 Å². The van der Waals surface area contributed by atoms with E-state index in [1.54, 1.807) is 24.3 Å². The van der Waals surface area contributed by atoms with Crippen LogP contribution in [0.4, 0.5) is 5.69 Å². The quantitative estimate of drug-likeness (QED) is 0.589. The third-order valence-corrected chi connectivity index (χ3v) is 2.30. The summed E-state index contributed by atoms with van der Waals surface area (Å²) in [5.41, 5.74) is -1.15. The molecule has 0 spiro atoms. The first-order valence-corrected chi connectivity index (χ1v) is 4.21. The number of carbonyl (C=O) groups excluding carboxylic acids is 2. The van der Waals surface area contributed by atoms with E-state index in [1.165, 1.54) is 6.92 Å². The zero-order chi connectivity index (χ0) is 10.3. The van der Waals surface area contributed by atoms with E-state index >= 15 is 0 Å². The van der Waals surface area contributed by atoms with Gasteiger partial charge in [0, 0.05) is 5.56 Å². The van der Waals surface area contributed by atoms with Crippen LogP contribution in [0, 0.1) is 0 Å². The van der Waals surface area contributed by atoms with Crippen LogP contribution in [-0.4, -0.2) is 22.4 Å². The van der Waals surface area contributed by atoms with E-state index < -0.39 is 17.3 Å². The Kier molecular flexibility index (Phi) is 1.69. The highest BCUT2D eigenvalue weighted by Gasteiger charge is 2.43. The van der Waals surface area contributed by atoms with E-state index in [2.05, 4.69) is 5.32 Å². The van der Waals surface area contributed by atoms with E-state index in [-0.39, 0.29) is 0 Å². The maximum absolute atomic E-state index is 11.6. The molecular weight excluding hydrogens is 182 g/mol. The van der Waals surface area contributed by atoms with Crippen molar-refractivity contribution in [2.45, 2.75) is 12.5 Å². The van der Waals surface area contributed by atoms with Crippen molar-refractivity contribution in [1.82, 2.24) is 0 Å². The third-order valence-electron chi connectivity index (χ3n) is 2.30. The summed E-state index contributed by atoms with van der Waals surface area (Å²) >= 11 is 0. The van der Waals surface area contributed by atoms with Crippen LogP contribution < -0.4 is 5.32 Å². The molecule has 1 heterocycles. The van der Waals surface area contributed by atoms with E-state index in [0.29, 0.717) is 11.3 Å². The van der Waals surface area contributed by atoms with Gasteiger partial charge in [0.2, 0.25) is 11.4 Å². The van der Waals surface area contributed by atoms with Crippen LogP contribution >= 0.6 is 0 Å². The highest BCUT2D eigenvalue weighted by molar-refractivity contribution is 6.25. The second-order valence-electron chi connectivity index (χ2n) is 3.40. The molecule has 0 saturated carbocycles. The van der Waals surface area contributed by atoms with E-state index in [4.69, 9.17) is 0 Å². The average molecular weight is 191 g/mol. The number of fused-ring (bicyclic) bond motifs is 1. The number of hydrogen-bond donors (Lipinski definition) is 2. The monoisotopic (exact) mass is 191 g/mol. The molecule has 1 amide bonds. The number of hydrogen-bond acceptors (Lipinski definition) is 3. The number of para-hydroxylation sites is 1. The van der Waals surface area contributed by atoms with Crippen LogP contribution in [0.5, 0.6) is 0 Å². The van der Waals surface area contributed by atoms with Crippen molar-refractivity contribution in [3.8, 4) is 0 Å². The summed E-state index contributed by atoms with van der Waals surface area (Å²) in [5, 5.41) is 12.1. The standard InChI is InChI=1S/C10H9NO3/c1-10(14)8(12)6-4-2-3-5-7(6)11-9(10)13/h2-5,14H,1H3,(H,11,13)/t10-/m0/s1. The van der Waals surface area contributed by atoms with Crippen LogP contribution in [0.25, 0.3) is 0 Å². The molecule has 0 saturated heterocycles. The average Bonchev–Trinajstić information content (AvgIpc) is 2.15. The molecule has 0 aliphatic carbocycles. The fraction of sp³-hybridized carbons (Fsp3) is 0.200. The number of anilines is 1. The van der Waals surface area contributed by atoms with Crippen molar-refractivity contribution >= 4 is 17.4 Å². The van der Waals surface area contributed by atoms with E-state index in [9.17, 15) is 14.7 Å². The van der Waals surface area contributed by atoms with Gasteiger partial charge in [0.05, 0.1) is 5.69 Å². The highest BCUT2D eigenvalue weighted by Crippen LogP contribution is 2.27. The first kappa shape index (κ1) is 8.90. The first-order chi connectivity index (χ1) is 6.53. The summed E-state index contributed by atoms with van der Waals surface area (Å²) in [6.45, 7) is 1.20. The van der Waals surface area contributed by atoms with Gasteiger partial charge in [-0.25, -0.2) is 0 Å². The zero-order valence-corrected chi connectivity index (χ0v) is 7.57. The van der Waals surface area contributed by atoms with Gasteiger partial charge in [0.25, 0.3) is 5.91 Å². The molecule has 1 aliphatic heterocycles. The lowest BCUT2D eigenvalue weighted by Crippen LogP contribution is -2.50. The fourth-order valence-electron chi connectivity index (χ4n) is 1.40. The van der Waals surface area contributed by atoms with E-state index in [0.717, 1.165) is 0 Å². The van der Waals surface area contributed by atoms with Crippen LogP contribution in [0.15, 0.2) is 24.3 Å². The number of amides is 1. The summed E-state index contributed by atoms with van der Waals surface area (Å²) in [5.74, 6) is -1.24. The Morgan fingerprint density at radius 1 is 1.29 bits per heavy atom. The number of ketones is 1. The summed E-state index contributed by atoms with van der Waals surface area (Å²) in [6, 6.07) is 6.60. The lowest BCUT2D eigenvalue weighted by Gasteiger charge is -2.27. The maximum Gasteiger partial charge on any atom is 0.264 e. The lowest BCUT2D eigenvalue weighted by molar-refractivity contribution is -0.128. The SMILES string of the molecule is C[C@@]1(O)C(=O)Nc2ccccc2C1=O. The predicted octanol–water partition coefficient (Wildman–Crippen LogP) is 0.572. The Morgan fingerprint density at radius 2 is 1.93 bits per heavy atom. The van der Waals surface area contributed by atoms with E-state index in [1.807, 2.05) is 0 Å². The Bertz CT molecular complexity index is 423. The molecule has 14 heavy (non-hydrogen) atoms. The number of rotatable bonds is 0. The minimum atomic E-state index is -1.95. The Hall–Kier alpha value is -1.68. The molecule has 0 fully saturated rings. The van der Waals surface area contributed by atoms with Gasteiger partial charge >= 0.3 is 0 Å². The minimum absolute atomic E-state index is 0.345. The molecule has 1 aliphatic rings. The second-order valence-corrected chi connectivity index (χ2v) is 3.40. The number of benzene rings is 1. The molecule has 0 radical (unpaired) electrons. The van der Waals surface area contributed by atoms with Crippen molar-refractivity contribution < 1.29 is 14.7 Å². The van der Waals surface area contributed by atoms with Gasteiger partial charge in [-0.05, 0) is 19.1 Å². The second kappa shape index (κ2) is 2.65. The third kappa shape index (κ3) is 1.04. The molecule has 1 aromatic carbocycles. The molecular formula is C10H9NO3. The summed E-state index contributed by atoms with van der Waals surface area (Å²) < 4.78 is 0. The largest absolute Gasteiger partial charge is 0.373 e. The van der Waals surface area contributed by atoms with Crippen molar-refractivity contribution in [2.75, 3.05) is 5.32 Å². The van der Waals surface area contributed by atoms with Gasteiger partial charge in [-0.2, -0.15) is 0 Å². The van der Waals surface area contributed by atoms with Crippen LogP contribution in [0.2, 0.25) is 0 Å². The molecule has 0 aromatic heterocycles. The minimum Gasteiger partial charge on any atom is -0.373 e. The molecule has 2 N–H and O–H groups in total. The number of Topliss-reactive ketones (excluding diaryl/α,β-unsaturated/α-hetero) is 1. The summed E-state index contributed by atoms with van der Waals surface area (Å²) in [6.07, 6.45) is 0. The van der Waals surface area contributed by atoms with Gasteiger partial charge in [-0.15, -0.1) is 0 Å². The molecule has 4 nitrogen and oxygen atoms in total. The normalized spacial score (nSPS) is 25.6. The number of nitrogens with one attached hydrogen (secondary N) is 1. The van der Waals surface area contributed by atoms with Crippen molar-refractivity contribution in [2.24, 2.45) is 0 Å². The van der Waals surface area contributed by atoms with Gasteiger partial charge in [0.1, 0.15) is 0 Å². The predicted molar refractivity (Wildman–Crippen MR) is 50.0 cm³/mol. The molecule has 0 unspecified atom stereocenters. The Morgan fingerprint density at radius 3 is 2.64 bits per heavy atom. The summed E-state index contributed by atoms with van der Waals surface area (Å²) in [4.78, 5) is 22.9. The Balaban J connectivity index is 2.61. The maximum atomic E-state index is 11.6.